The molecule has 3 N–H and O–H groups in total. The predicted octanol–water partition coefficient (Wildman–Crippen LogP) is 0.662. The van der Waals surface area contributed by atoms with Crippen molar-refractivity contribution >= 4 is 17.4 Å². The third-order valence-corrected chi connectivity index (χ3v) is 3.94. The van der Waals surface area contributed by atoms with Crippen LogP contribution in [0.1, 0.15) is 11.1 Å². The van der Waals surface area contributed by atoms with Gasteiger partial charge in [-0.2, -0.15) is 10.2 Å². The number of rotatable bonds is 3. The van der Waals surface area contributed by atoms with Gasteiger partial charge in [0.1, 0.15) is 5.82 Å². The van der Waals surface area contributed by atoms with E-state index in [0.29, 0.717) is 23.7 Å². The number of nitrogens with zero attached hydrogens (tertiary/aromatic N) is 4. The summed E-state index contributed by atoms with van der Waals surface area (Å²) in [6.07, 6.45) is 2.20. The molecule has 7 nitrogen and oxygen atoms in total. The molecule has 1 aliphatic heterocycles. The van der Waals surface area contributed by atoms with E-state index in [2.05, 4.69) is 10.00 Å². The molecule has 0 fully saturated rings. The zero-order valence-corrected chi connectivity index (χ0v) is 12.6. The van der Waals surface area contributed by atoms with Gasteiger partial charge in [-0.05, 0) is 23.6 Å². The Labute approximate surface area is 128 Å². The lowest BCUT2D eigenvalue weighted by atomic mass is 9.97. The lowest BCUT2D eigenvalue weighted by Gasteiger charge is -2.28. The number of benzene rings is 1. The average Bonchev–Trinajstić information content (AvgIpc) is 2.91. The monoisotopic (exact) mass is 301 g/mol. The Morgan fingerprint density at radius 1 is 1.45 bits per heavy atom. The number of carbonyl (C=O) groups is 1. The highest BCUT2D eigenvalue weighted by Gasteiger charge is 2.29. The number of anilines is 2. The predicted molar refractivity (Wildman–Crippen MR) is 82.7 cm³/mol. The summed E-state index contributed by atoms with van der Waals surface area (Å²) in [6.45, 7) is 0.696. The number of carbonyl (C=O) groups excluding carboxylic acids is 1. The van der Waals surface area contributed by atoms with E-state index in [1.807, 2.05) is 37.0 Å². The topological polar surface area (TPSA) is 87.6 Å². The molecule has 22 heavy (non-hydrogen) atoms. The molecule has 0 aliphatic carbocycles. The van der Waals surface area contributed by atoms with Crippen LogP contribution in [-0.4, -0.2) is 34.0 Å². The van der Waals surface area contributed by atoms with E-state index in [-0.39, 0.29) is 0 Å². The normalized spacial score (nSPS) is 17.5. The molecule has 116 valence electrons. The van der Waals surface area contributed by atoms with Crippen molar-refractivity contribution in [3.05, 3.63) is 41.6 Å². The van der Waals surface area contributed by atoms with Gasteiger partial charge in [-0.1, -0.05) is 12.1 Å². The van der Waals surface area contributed by atoms with Gasteiger partial charge in [-0.25, -0.2) is 0 Å². The molecule has 2 aromatic rings. The molecule has 0 unspecified atom stereocenters. The van der Waals surface area contributed by atoms with Crippen molar-refractivity contribution in [2.45, 2.75) is 19.0 Å². The zero-order valence-electron chi connectivity index (χ0n) is 12.6. The van der Waals surface area contributed by atoms with Crippen LogP contribution in [0.15, 0.2) is 30.5 Å². The van der Waals surface area contributed by atoms with Crippen LogP contribution in [0.4, 0.5) is 11.5 Å². The zero-order chi connectivity index (χ0) is 15.9. The first-order valence-electron chi connectivity index (χ1n) is 7.06. The van der Waals surface area contributed by atoms with E-state index < -0.39 is 11.9 Å². The fourth-order valence-electron chi connectivity index (χ4n) is 2.80. The van der Waals surface area contributed by atoms with Crippen LogP contribution in [0.3, 0.4) is 0 Å². The Morgan fingerprint density at radius 2 is 2.23 bits per heavy atom. The molecule has 0 radical (unpaired) electrons. The maximum absolute atomic E-state index is 11.7. The molecule has 7 heteroatoms. The van der Waals surface area contributed by atoms with E-state index in [9.17, 15) is 10.0 Å². The van der Waals surface area contributed by atoms with Crippen LogP contribution >= 0.6 is 0 Å². The number of nitrogens with two attached hydrogens (primary N) is 1. The van der Waals surface area contributed by atoms with E-state index >= 15 is 0 Å². The van der Waals surface area contributed by atoms with Crippen molar-refractivity contribution in [1.29, 1.82) is 0 Å². The molecule has 0 bridgehead atoms. The van der Waals surface area contributed by atoms with Gasteiger partial charge < -0.3 is 10.6 Å². The average molecular weight is 301 g/mol. The van der Waals surface area contributed by atoms with Crippen LogP contribution in [0.5, 0.6) is 0 Å². The first-order valence-corrected chi connectivity index (χ1v) is 7.06. The second kappa shape index (κ2) is 5.43. The summed E-state index contributed by atoms with van der Waals surface area (Å²) < 4.78 is 1.81. The van der Waals surface area contributed by atoms with Gasteiger partial charge in [0.25, 0.3) is 5.91 Å². The molecular formula is C15H19N5O2. The fourth-order valence-corrected chi connectivity index (χ4v) is 2.80. The Morgan fingerprint density at radius 3 is 2.91 bits per heavy atom. The highest BCUT2D eigenvalue weighted by Crippen LogP contribution is 2.27. The molecule has 3 rings (SSSR count). The molecule has 0 spiro atoms. The van der Waals surface area contributed by atoms with Crippen LogP contribution < -0.4 is 15.7 Å². The van der Waals surface area contributed by atoms with Gasteiger partial charge in [-0.3, -0.25) is 14.7 Å². The molecule has 1 aromatic carbocycles. The standard InChI is InChI=1S/C15H19N5O2/c1-18(14-5-6-17-19(14)2)9-10-3-4-13-11(7-10)8-12(16)15(21)20(13)22/h3-7,12,22H,8-9,16H2,1-2H3/t12-/m0/s1. The summed E-state index contributed by atoms with van der Waals surface area (Å²) in [4.78, 5) is 13.8. The van der Waals surface area contributed by atoms with Crippen LogP contribution in [0, 0.1) is 0 Å². The van der Waals surface area contributed by atoms with E-state index in [1.54, 1.807) is 12.3 Å². The van der Waals surface area contributed by atoms with Gasteiger partial charge >= 0.3 is 0 Å². The highest BCUT2D eigenvalue weighted by molar-refractivity contribution is 5.98. The number of aromatic nitrogens is 2. The summed E-state index contributed by atoms with van der Waals surface area (Å²) in [5.41, 5.74) is 8.23. The Hall–Kier alpha value is -2.38. The first-order chi connectivity index (χ1) is 10.5. The number of hydroxylamine groups is 1. The molecule has 1 atom stereocenters. The number of hydrogen-bond donors (Lipinski definition) is 2. The maximum Gasteiger partial charge on any atom is 0.267 e. The number of fused-ring (bicyclic) bond motifs is 1. The molecular weight excluding hydrogens is 282 g/mol. The Kier molecular flexibility index (Phi) is 3.59. The third-order valence-electron chi connectivity index (χ3n) is 3.94. The minimum atomic E-state index is -0.692. The van der Waals surface area contributed by atoms with Crippen LogP contribution in [-0.2, 0) is 24.8 Å². The Bertz CT molecular complexity index is 712. The largest absolute Gasteiger partial charge is 0.356 e. The third kappa shape index (κ3) is 2.44. The van der Waals surface area contributed by atoms with E-state index in [4.69, 9.17) is 5.73 Å². The van der Waals surface area contributed by atoms with Gasteiger partial charge in [0.05, 0.1) is 17.9 Å². The second-order valence-electron chi connectivity index (χ2n) is 5.59. The quantitative estimate of drug-likeness (QED) is 0.813. The lowest BCUT2D eigenvalue weighted by Crippen LogP contribution is -2.47. The van der Waals surface area contributed by atoms with Crippen molar-refractivity contribution < 1.29 is 10.0 Å². The summed E-state index contributed by atoms with van der Waals surface area (Å²) in [7, 11) is 3.89. The molecule has 1 amide bonds. The van der Waals surface area contributed by atoms with Crippen molar-refractivity contribution in [3.8, 4) is 0 Å². The highest BCUT2D eigenvalue weighted by atomic mass is 16.5. The minimum absolute atomic E-state index is 0.439. The van der Waals surface area contributed by atoms with Crippen molar-refractivity contribution in [1.82, 2.24) is 9.78 Å². The molecule has 1 aromatic heterocycles. The van der Waals surface area contributed by atoms with Gasteiger partial charge in [-0.15, -0.1) is 0 Å². The second-order valence-corrected chi connectivity index (χ2v) is 5.59. The number of aryl methyl sites for hydroxylation is 1. The van der Waals surface area contributed by atoms with E-state index in [1.165, 1.54) is 0 Å². The summed E-state index contributed by atoms with van der Waals surface area (Å²) in [5.74, 6) is 0.542. The van der Waals surface area contributed by atoms with Crippen molar-refractivity contribution in [2.24, 2.45) is 12.8 Å². The van der Waals surface area contributed by atoms with Gasteiger partial charge in [0.2, 0.25) is 0 Å². The van der Waals surface area contributed by atoms with Gasteiger partial charge in [0, 0.05) is 26.7 Å². The van der Waals surface area contributed by atoms with E-state index in [0.717, 1.165) is 16.9 Å². The summed E-state index contributed by atoms with van der Waals surface area (Å²) in [6, 6.07) is 6.90. The fraction of sp³-hybridized carbons (Fsp3) is 0.333. The lowest BCUT2D eigenvalue weighted by molar-refractivity contribution is -0.125. The SMILES string of the molecule is CN(Cc1ccc2c(c1)C[C@H](N)C(=O)N2O)c1ccnn1C. The Balaban J connectivity index is 1.84. The van der Waals surface area contributed by atoms with Gasteiger partial charge in [0.15, 0.2) is 0 Å². The first kappa shape index (κ1) is 14.6. The van der Waals surface area contributed by atoms with Crippen LogP contribution in [0.2, 0.25) is 0 Å². The summed E-state index contributed by atoms with van der Waals surface area (Å²) in [5, 5.41) is 14.7. The van der Waals surface area contributed by atoms with Crippen molar-refractivity contribution in [3.63, 3.8) is 0 Å². The number of hydrogen-bond acceptors (Lipinski definition) is 5. The molecule has 0 saturated carbocycles. The van der Waals surface area contributed by atoms with Crippen LogP contribution in [0.25, 0.3) is 0 Å². The smallest absolute Gasteiger partial charge is 0.267 e. The molecule has 0 saturated heterocycles. The molecule has 1 aliphatic rings. The minimum Gasteiger partial charge on any atom is -0.356 e. The number of amides is 1. The molecule has 2 heterocycles. The summed E-state index contributed by atoms with van der Waals surface area (Å²) >= 11 is 0. The maximum atomic E-state index is 11.7. The van der Waals surface area contributed by atoms with Crippen molar-refractivity contribution in [2.75, 3.05) is 17.0 Å².